The monoisotopic (exact) mass is 241 g/mol. The third-order valence-corrected chi connectivity index (χ3v) is 4.49. The van der Waals surface area contributed by atoms with Crippen LogP contribution in [0.2, 0.25) is 0 Å². The van der Waals surface area contributed by atoms with Crippen molar-refractivity contribution < 1.29 is 9.84 Å². The highest BCUT2D eigenvalue weighted by atomic mass is 16.5. The summed E-state index contributed by atoms with van der Waals surface area (Å²) in [6.45, 7) is 9.50. The summed E-state index contributed by atoms with van der Waals surface area (Å²) in [6, 6.07) is 0.838. The molecule has 1 heterocycles. The first-order valence-electron chi connectivity index (χ1n) is 7.05. The summed E-state index contributed by atoms with van der Waals surface area (Å²) in [5.74, 6) is 0. The molecule has 0 bridgehead atoms. The van der Waals surface area contributed by atoms with Gasteiger partial charge in [-0.25, -0.2) is 0 Å². The molecule has 3 atom stereocenters. The van der Waals surface area contributed by atoms with Crippen LogP contribution in [0.3, 0.4) is 0 Å². The molecular formula is C14H27NO2. The summed E-state index contributed by atoms with van der Waals surface area (Å²) in [5, 5.41) is 10.3. The first-order chi connectivity index (χ1) is 8.03. The van der Waals surface area contributed by atoms with Gasteiger partial charge in [0.1, 0.15) is 0 Å². The van der Waals surface area contributed by atoms with Gasteiger partial charge in [0.25, 0.3) is 0 Å². The normalized spacial score (nSPS) is 39.2. The highest BCUT2D eigenvalue weighted by Gasteiger charge is 2.39. The number of hydrogen-bond acceptors (Lipinski definition) is 3. The second-order valence-corrected chi connectivity index (χ2v) is 6.42. The molecule has 0 amide bonds. The Morgan fingerprint density at radius 3 is 2.88 bits per heavy atom. The molecule has 1 aliphatic carbocycles. The number of aliphatic hydroxyl groups excluding tert-OH is 1. The van der Waals surface area contributed by atoms with Crippen molar-refractivity contribution in [1.82, 2.24) is 4.90 Å². The fourth-order valence-electron chi connectivity index (χ4n) is 3.33. The lowest BCUT2D eigenvalue weighted by molar-refractivity contribution is -0.0868. The van der Waals surface area contributed by atoms with Gasteiger partial charge in [-0.1, -0.05) is 20.8 Å². The molecule has 1 saturated heterocycles. The topological polar surface area (TPSA) is 32.7 Å². The first-order valence-corrected chi connectivity index (χ1v) is 7.05. The SMILES string of the molecule is CCC1COCCN1C1CC(C)(C)CCC1O. The summed E-state index contributed by atoms with van der Waals surface area (Å²) in [4.78, 5) is 2.51. The van der Waals surface area contributed by atoms with Crippen LogP contribution >= 0.6 is 0 Å². The average Bonchev–Trinajstić information content (AvgIpc) is 2.32. The highest BCUT2D eigenvalue weighted by Crippen LogP contribution is 2.38. The second-order valence-electron chi connectivity index (χ2n) is 6.42. The Kier molecular flexibility index (Phi) is 4.11. The number of rotatable bonds is 2. The minimum absolute atomic E-state index is 0.143. The van der Waals surface area contributed by atoms with Gasteiger partial charge in [-0.05, 0) is 31.1 Å². The maximum atomic E-state index is 10.3. The number of aliphatic hydroxyl groups is 1. The summed E-state index contributed by atoms with van der Waals surface area (Å²) in [5.41, 5.74) is 0.375. The maximum absolute atomic E-state index is 10.3. The van der Waals surface area contributed by atoms with E-state index in [0.29, 0.717) is 17.5 Å². The molecule has 2 rings (SSSR count). The van der Waals surface area contributed by atoms with E-state index >= 15 is 0 Å². The predicted octanol–water partition coefficient (Wildman–Crippen LogP) is 2.04. The Balaban J connectivity index is 2.07. The molecule has 0 spiro atoms. The Morgan fingerprint density at radius 2 is 2.18 bits per heavy atom. The van der Waals surface area contributed by atoms with Crippen LogP contribution in [0.15, 0.2) is 0 Å². The van der Waals surface area contributed by atoms with Gasteiger partial charge >= 0.3 is 0 Å². The van der Waals surface area contributed by atoms with E-state index in [9.17, 15) is 5.11 Å². The lowest BCUT2D eigenvalue weighted by Gasteiger charge is -2.48. The minimum Gasteiger partial charge on any atom is -0.391 e. The molecule has 0 aromatic rings. The summed E-state index contributed by atoms with van der Waals surface area (Å²) >= 11 is 0. The zero-order valence-corrected chi connectivity index (χ0v) is 11.5. The number of morpholine rings is 1. The van der Waals surface area contributed by atoms with Crippen molar-refractivity contribution in [3.8, 4) is 0 Å². The van der Waals surface area contributed by atoms with Gasteiger partial charge in [0.05, 0.1) is 19.3 Å². The molecule has 1 N–H and O–H groups in total. The fourth-order valence-corrected chi connectivity index (χ4v) is 3.33. The molecule has 2 fully saturated rings. The van der Waals surface area contributed by atoms with Crippen LogP contribution in [0, 0.1) is 5.41 Å². The largest absolute Gasteiger partial charge is 0.391 e. The molecule has 17 heavy (non-hydrogen) atoms. The Bertz CT molecular complexity index is 255. The van der Waals surface area contributed by atoms with Crippen molar-refractivity contribution in [2.45, 2.75) is 64.6 Å². The summed E-state index contributed by atoms with van der Waals surface area (Å²) in [7, 11) is 0. The number of ether oxygens (including phenoxy) is 1. The number of hydrogen-bond donors (Lipinski definition) is 1. The number of nitrogens with zero attached hydrogens (tertiary/aromatic N) is 1. The molecule has 1 aliphatic heterocycles. The molecule has 2 aliphatic rings. The van der Waals surface area contributed by atoms with Crippen molar-refractivity contribution in [1.29, 1.82) is 0 Å². The molecule has 100 valence electrons. The van der Waals surface area contributed by atoms with Gasteiger partial charge < -0.3 is 9.84 Å². The summed E-state index contributed by atoms with van der Waals surface area (Å²) in [6.07, 6.45) is 4.18. The van der Waals surface area contributed by atoms with Gasteiger partial charge in [-0.15, -0.1) is 0 Å². The van der Waals surface area contributed by atoms with Gasteiger partial charge in [0.2, 0.25) is 0 Å². The van der Waals surface area contributed by atoms with Gasteiger partial charge in [0, 0.05) is 18.6 Å². The van der Waals surface area contributed by atoms with E-state index in [-0.39, 0.29) is 6.10 Å². The lowest BCUT2D eigenvalue weighted by atomic mass is 9.73. The third kappa shape index (κ3) is 3.01. The van der Waals surface area contributed by atoms with Gasteiger partial charge in [-0.3, -0.25) is 4.90 Å². The third-order valence-electron chi connectivity index (χ3n) is 4.49. The van der Waals surface area contributed by atoms with Crippen molar-refractivity contribution in [2.24, 2.45) is 5.41 Å². The lowest BCUT2D eigenvalue weighted by Crippen LogP contribution is -2.57. The fraction of sp³-hybridized carbons (Fsp3) is 1.00. The van der Waals surface area contributed by atoms with Crippen molar-refractivity contribution in [2.75, 3.05) is 19.8 Å². The van der Waals surface area contributed by atoms with Crippen LogP contribution in [-0.2, 0) is 4.74 Å². The smallest absolute Gasteiger partial charge is 0.0695 e. The van der Waals surface area contributed by atoms with Crippen LogP contribution in [-0.4, -0.2) is 48.0 Å². The first kappa shape index (κ1) is 13.3. The quantitative estimate of drug-likeness (QED) is 0.803. The van der Waals surface area contributed by atoms with E-state index in [1.54, 1.807) is 0 Å². The Morgan fingerprint density at radius 1 is 1.41 bits per heavy atom. The van der Waals surface area contributed by atoms with Crippen LogP contribution in [0.5, 0.6) is 0 Å². The van der Waals surface area contributed by atoms with E-state index in [2.05, 4.69) is 25.7 Å². The molecule has 3 heteroatoms. The van der Waals surface area contributed by atoms with Crippen molar-refractivity contribution in [3.05, 3.63) is 0 Å². The predicted molar refractivity (Wildman–Crippen MR) is 69.0 cm³/mol. The molecule has 3 unspecified atom stereocenters. The van der Waals surface area contributed by atoms with Crippen LogP contribution in [0.4, 0.5) is 0 Å². The van der Waals surface area contributed by atoms with Crippen LogP contribution in [0.25, 0.3) is 0 Å². The van der Waals surface area contributed by atoms with E-state index in [1.165, 1.54) is 0 Å². The molecular weight excluding hydrogens is 214 g/mol. The maximum Gasteiger partial charge on any atom is 0.0695 e. The second kappa shape index (κ2) is 5.25. The molecule has 3 nitrogen and oxygen atoms in total. The van der Waals surface area contributed by atoms with Gasteiger partial charge in [0.15, 0.2) is 0 Å². The van der Waals surface area contributed by atoms with Gasteiger partial charge in [-0.2, -0.15) is 0 Å². The molecule has 1 saturated carbocycles. The zero-order chi connectivity index (χ0) is 12.5. The van der Waals surface area contributed by atoms with Crippen molar-refractivity contribution >= 4 is 0 Å². The molecule has 0 radical (unpaired) electrons. The van der Waals surface area contributed by atoms with E-state index in [4.69, 9.17) is 4.74 Å². The molecule has 0 aromatic heterocycles. The van der Waals surface area contributed by atoms with E-state index in [0.717, 1.165) is 45.4 Å². The van der Waals surface area contributed by atoms with Crippen LogP contribution in [0.1, 0.15) is 46.5 Å². The van der Waals surface area contributed by atoms with Crippen molar-refractivity contribution in [3.63, 3.8) is 0 Å². The Labute approximate surface area is 105 Å². The Hall–Kier alpha value is -0.120. The zero-order valence-electron chi connectivity index (χ0n) is 11.5. The average molecular weight is 241 g/mol. The minimum atomic E-state index is -0.143. The van der Waals surface area contributed by atoms with E-state index in [1.807, 2.05) is 0 Å². The van der Waals surface area contributed by atoms with E-state index < -0.39 is 0 Å². The molecule has 0 aromatic carbocycles. The summed E-state index contributed by atoms with van der Waals surface area (Å²) < 4.78 is 5.56. The van der Waals surface area contributed by atoms with Crippen LogP contribution < -0.4 is 0 Å². The highest BCUT2D eigenvalue weighted by molar-refractivity contribution is 4.93. The standard InChI is InChI=1S/C14H27NO2/c1-4-11-10-17-8-7-15(11)12-9-14(2,3)6-5-13(12)16/h11-13,16H,4-10H2,1-3H3.